The van der Waals surface area contributed by atoms with Crippen molar-refractivity contribution in [1.82, 2.24) is 0 Å². The Hall–Kier alpha value is -1.04. The molecule has 92 valence electrons. The van der Waals surface area contributed by atoms with Gasteiger partial charge < -0.3 is 0 Å². The lowest BCUT2D eigenvalue weighted by atomic mass is 9.96. The van der Waals surface area contributed by atoms with E-state index in [2.05, 4.69) is 56.3 Å². The van der Waals surface area contributed by atoms with E-state index in [1.165, 1.54) is 18.4 Å². The van der Waals surface area contributed by atoms with Crippen LogP contribution in [0, 0.1) is 0 Å². The molecule has 1 unspecified atom stereocenters. The van der Waals surface area contributed by atoms with Gasteiger partial charge in [-0.1, -0.05) is 71.2 Å². The average Bonchev–Trinajstić information content (AvgIpc) is 2.25. The number of hydrogen-bond acceptors (Lipinski definition) is 0. The molecule has 1 rings (SSSR count). The summed E-state index contributed by atoms with van der Waals surface area (Å²) in [6, 6.07) is 10.7. The van der Waals surface area contributed by atoms with Crippen LogP contribution < -0.4 is 0 Å². The molecule has 0 fully saturated rings. The molecule has 0 saturated carbocycles. The van der Waals surface area contributed by atoms with E-state index in [1.54, 1.807) is 0 Å². The Morgan fingerprint density at radius 1 is 1.06 bits per heavy atom. The van der Waals surface area contributed by atoms with Gasteiger partial charge in [0.15, 0.2) is 0 Å². The Balaban J connectivity index is 0. The molecule has 0 aliphatic rings. The Morgan fingerprint density at radius 2 is 1.69 bits per heavy atom. The fourth-order valence-corrected chi connectivity index (χ4v) is 1.58. The van der Waals surface area contributed by atoms with Crippen LogP contribution in [0.25, 0.3) is 0 Å². The molecule has 0 aliphatic carbocycles. The second-order valence-electron chi connectivity index (χ2n) is 3.77. The normalized spacial score (nSPS) is 11.6. The van der Waals surface area contributed by atoms with Crippen LogP contribution in [0.1, 0.15) is 59.4 Å². The highest BCUT2D eigenvalue weighted by Gasteiger charge is 2.02. The van der Waals surface area contributed by atoms with Gasteiger partial charge in [0.1, 0.15) is 0 Å². The van der Waals surface area contributed by atoms with Gasteiger partial charge in [-0.15, -0.1) is 0 Å². The SMILES string of the molecule is C.C.CCC=CCCC(C)c1ccccc1. The minimum Gasteiger partial charge on any atom is -0.0888 e. The fraction of sp³-hybridized carbons (Fsp3) is 0.500. The van der Waals surface area contributed by atoms with E-state index in [4.69, 9.17) is 0 Å². The van der Waals surface area contributed by atoms with E-state index in [0.717, 1.165) is 6.42 Å². The lowest BCUT2D eigenvalue weighted by molar-refractivity contribution is 0.690. The maximum absolute atomic E-state index is 2.30. The average molecular weight is 220 g/mol. The summed E-state index contributed by atoms with van der Waals surface area (Å²) >= 11 is 0. The van der Waals surface area contributed by atoms with Crippen LogP contribution in [-0.2, 0) is 0 Å². The summed E-state index contributed by atoms with van der Waals surface area (Å²) < 4.78 is 0. The smallest absolute Gasteiger partial charge is 0.0187 e. The maximum atomic E-state index is 2.30. The van der Waals surface area contributed by atoms with Gasteiger partial charge in [-0.2, -0.15) is 0 Å². The van der Waals surface area contributed by atoms with Crippen LogP contribution in [0.5, 0.6) is 0 Å². The van der Waals surface area contributed by atoms with Crippen LogP contribution in [0.15, 0.2) is 42.5 Å². The summed E-state index contributed by atoms with van der Waals surface area (Å²) in [4.78, 5) is 0. The van der Waals surface area contributed by atoms with Gasteiger partial charge in [-0.05, 0) is 30.7 Å². The predicted octanol–water partition coefficient (Wildman–Crippen LogP) is 5.81. The van der Waals surface area contributed by atoms with Crippen LogP contribution >= 0.6 is 0 Å². The molecule has 0 spiro atoms. The number of hydrogen-bond donors (Lipinski definition) is 0. The zero-order valence-electron chi connectivity index (χ0n) is 9.24. The van der Waals surface area contributed by atoms with E-state index >= 15 is 0 Å². The predicted molar refractivity (Wildman–Crippen MR) is 77.0 cm³/mol. The van der Waals surface area contributed by atoms with Crippen molar-refractivity contribution in [3.05, 3.63) is 48.0 Å². The quantitative estimate of drug-likeness (QED) is 0.549. The third-order valence-electron chi connectivity index (χ3n) is 2.54. The van der Waals surface area contributed by atoms with Crippen LogP contribution in [0.3, 0.4) is 0 Å². The van der Waals surface area contributed by atoms with E-state index in [9.17, 15) is 0 Å². The van der Waals surface area contributed by atoms with Gasteiger partial charge in [0.2, 0.25) is 0 Å². The van der Waals surface area contributed by atoms with Gasteiger partial charge in [-0.25, -0.2) is 0 Å². The van der Waals surface area contributed by atoms with Gasteiger partial charge >= 0.3 is 0 Å². The molecule has 0 saturated heterocycles. The molecule has 0 bridgehead atoms. The summed E-state index contributed by atoms with van der Waals surface area (Å²) in [5.74, 6) is 0.678. The van der Waals surface area contributed by atoms with Crippen molar-refractivity contribution in [2.75, 3.05) is 0 Å². The van der Waals surface area contributed by atoms with Crippen molar-refractivity contribution in [3.63, 3.8) is 0 Å². The molecule has 0 nitrogen and oxygen atoms in total. The van der Waals surface area contributed by atoms with Gasteiger partial charge in [-0.3, -0.25) is 0 Å². The van der Waals surface area contributed by atoms with Crippen molar-refractivity contribution >= 4 is 0 Å². The van der Waals surface area contributed by atoms with E-state index < -0.39 is 0 Å². The van der Waals surface area contributed by atoms with Crippen LogP contribution in [0.2, 0.25) is 0 Å². The summed E-state index contributed by atoms with van der Waals surface area (Å²) in [6.07, 6.45) is 8.14. The summed E-state index contributed by atoms with van der Waals surface area (Å²) in [7, 11) is 0. The van der Waals surface area contributed by atoms with Crippen molar-refractivity contribution in [1.29, 1.82) is 0 Å². The molecule has 0 heterocycles. The zero-order chi connectivity index (χ0) is 10.2. The summed E-state index contributed by atoms with van der Waals surface area (Å²) in [5, 5.41) is 0. The first-order valence-corrected chi connectivity index (χ1v) is 5.54. The van der Waals surface area contributed by atoms with Crippen molar-refractivity contribution in [2.24, 2.45) is 0 Å². The van der Waals surface area contributed by atoms with E-state index in [1.807, 2.05) is 0 Å². The highest BCUT2D eigenvalue weighted by atomic mass is 14.1. The van der Waals surface area contributed by atoms with Crippen LogP contribution in [-0.4, -0.2) is 0 Å². The molecule has 1 atom stereocenters. The molecule has 0 aromatic heterocycles. The third kappa shape index (κ3) is 6.44. The Labute approximate surface area is 102 Å². The zero-order valence-corrected chi connectivity index (χ0v) is 9.24. The number of allylic oxidation sites excluding steroid dienone is 2. The maximum Gasteiger partial charge on any atom is -0.0187 e. The van der Waals surface area contributed by atoms with E-state index in [-0.39, 0.29) is 14.9 Å². The van der Waals surface area contributed by atoms with Gasteiger partial charge in [0.05, 0.1) is 0 Å². The number of rotatable bonds is 5. The minimum atomic E-state index is 0. The highest BCUT2D eigenvalue weighted by molar-refractivity contribution is 5.18. The summed E-state index contributed by atoms with van der Waals surface area (Å²) in [5.41, 5.74) is 1.46. The first kappa shape index (κ1) is 17.4. The molecule has 16 heavy (non-hydrogen) atoms. The molecular weight excluding hydrogens is 192 g/mol. The molecule has 0 radical (unpaired) electrons. The molecule has 0 amide bonds. The second-order valence-corrected chi connectivity index (χ2v) is 3.77. The number of benzene rings is 1. The standard InChI is InChI=1S/C14H20.2CH4/c1-3-4-5-7-10-13(2)14-11-8-6-9-12-14;;/h4-6,8-9,11-13H,3,7,10H2,1-2H3;2*1H4. The molecule has 0 heteroatoms. The molecule has 0 aliphatic heterocycles. The largest absolute Gasteiger partial charge is 0.0888 e. The lowest BCUT2D eigenvalue weighted by Gasteiger charge is -2.09. The first-order chi connectivity index (χ1) is 6.84. The molecule has 1 aromatic rings. The second kappa shape index (κ2) is 10.5. The van der Waals surface area contributed by atoms with Gasteiger partial charge in [0, 0.05) is 0 Å². The topological polar surface area (TPSA) is 0 Å². The third-order valence-corrected chi connectivity index (χ3v) is 2.54. The minimum absolute atomic E-state index is 0. The Bertz CT molecular complexity index is 259. The van der Waals surface area contributed by atoms with Crippen LogP contribution in [0.4, 0.5) is 0 Å². The Kier molecular flexibility index (Phi) is 11.4. The lowest BCUT2D eigenvalue weighted by Crippen LogP contribution is -1.91. The van der Waals surface area contributed by atoms with Crippen molar-refractivity contribution < 1.29 is 0 Å². The first-order valence-electron chi connectivity index (χ1n) is 5.54. The monoisotopic (exact) mass is 220 g/mol. The van der Waals surface area contributed by atoms with E-state index in [0.29, 0.717) is 5.92 Å². The highest BCUT2D eigenvalue weighted by Crippen LogP contribution is 2.20. The van der Waals surface area contributed by atoms with Crippen molar-refractivity contribution in [2.45, 2.75) is 53.9 Å². The van der Waals surface area contributed by atoms with Gasteiger partial charge in [0.25, 0.3) is 0 Å². The molecule has 1 aromatic carbocycles. The summed E-state index contributed by atoms with van der Waals surface area (Å²) in [6.45, 7) is 4.48. The Morgan fingerprint density at radius 3 is 2.25 bits per heavy atom. The van der Waals surface area contributed by atoms with Crippen molar-refractivity contribution in [3.8, 4) is 0 Å². The molecule has 0 N–H and O–H groups in total. The fourth-order valence-electron chi connectivity index (χ4n) is 1.58. The molecular formula is C16H28.